The number of rotatable bonds is 4. The first-order chi connectivity index (χ1) is 7.13. The molecule has 0 aliphatic rings. The van der Waals surface area contributed by atoms with Crippen LogP contribution >= 0.6 is 8.86 Å². The summed E-state index contributed by atoms with van der Waals surface area (Å²) in [5.41, 5.74) is 0.900. The van der Waals surface area contributed by atoms with E-state index in [1.165, 1.54) is 0 Å². The predicted molar refractivity (Wildman–Crippen MR) is 64.2 cm³/mol. The lowest BCUT2D eigenvalue weighted by Crippen LogP contribution is -2.01. The van der Waals surface area contributed by atoms with Crippen LogP contribution in [0.4, 0.5) is 0 Å². The van der Waals surface area contributed by atoms with Gasteiger partial charge in [-0.05, 0) is 12.2 Å². The Balaban J connectivity index is 3.39. The second-order valence-electron chi connectivity index (χ2n) is 3.03. The Labute approximate surface area is 92.2 Å². The molecule has 3 nitrogen and oxygen atoms in total. The molecule has 1 aromatic carbocycles. The third kappa shape index (κ3) is 2.42. The van der Waals surface area contributed by atoms with E-state index >= 15 is 0 Å². The van der Waals surface area contributed by atoms with Crippen LogP contribution in [-0.4, -0.2) is 26.6 Å². The maximum absolute atomic E-state index is 5.28. The molecule has 0 spiro atoms. The average molecular weight is 226 g/mol. The molecule has 0 heterocycles. The molecule has 0 N–H and O–H groups in total. The van der Waals surface area contributed by atoms with Gasteiger partial charge in [-0.1, -0.05) is 0 Å². The number of hydrogen-bond donors (Lipinski definition) is 0. The zero-order valence-electron chi connectivity index (χ0n) is 9.38. The lowest BCUT2D eigenvalue weighted by molar-refractivity contribution is 0.374. The van der Waals surface area contributed by atoms with Gasteiger partial charge in [-0.15, -0.1) is 8.86 Å². The first-order valence-corrected chi connectivity index (χ1v) is 4.99. The molecule has 1 aromatic rings. The fraction of sp³-hybridized carbons (Fsp3) is 0.364. The van der Waals surface area contributed by atoms with Gasteiger partial charge in [-0.3, -0.25) is 0 Å². The highest BCUT2D eigenvalue weighted by Gasteiger charge is 2.13. The molecule has 0 saturated heterocycles. The molecule has 0 saturated carbocycles. The molecule has 0 bridgehead atoms. The second kappa shape index (κ2) is 5.04. The Morgan fingerprint density at radius 3 is 1.73 bits per heavy atom. The van der Waals surface area contributed by atoms with Crippen LogP contribution in [0.1, 0.15) is 12.5 Å². The van der Waals surface area contributed by atoms with Crippen molar-refractivity contribution in [1.29, 1.82) is 0 Å². The molecular formula is C11H15O3P. The van der Waals surface area contributed by atoms with E-state index in [4.69, 9.17) is 14.2 Å². The quantitative estimate of drug-likeness (QED) is 0.738. The van der Waals surface area contributed by atoms with Crippen molar-refractivity contribution in [3.05, 3.63) is 17.7 Å². The number of ether oxygens (including phenoxy) is 3. The molecular weight excluding hydrogens is 211 g/mol. The van der Waals surface area contributed by atoms with E-state index in [9.17, 15) is 0 Å². The Morgan fingerprint density at radius 1 is 1.00 bits per heavy atom. The summed E-state index contributed by atoms with van der Waals surface area (Å²) < 4.78 is 15.7. The lowest BCUT2D eigenvalue weighted by atomic mass is 10.1. The van der Waals surface area contributed by atoms with Crippen molar-refractivity contribution in [3.63, 3.8) is 0 Å². The fourth-order valence-corrected chi connectivity index (χ4v) is 1.62. The summed E-state index contributed by atoms with van der Waals surface area (Å²) >= 11 is 0. The highest BCUT2D eigenvalue weighted by atomic mass is 31.0. The van der Waals surface area contributed by atoms with E-state index in [-0.39, 0.29) is 0 Å². The monoisotopic (exact) mass is 226 g/mol. The predicted octanol–water partition coefficient (Wildman–Crippen LogP) is 2.40. The van der Waals surface area contributed by atoms with Crippen LogP contribution in [0.2, 0.25) is 0 Å². The minimum atomic E-state index is 0.709. The highest BCUT2D eigenvalue weighted by Crippen LogP contribution is 2.34. The maximum Gasteiger partial charge on any atom is 0.134 e. The van der Waals surface area contributed by atoms with Crippen molar-refractivity contribution >= 4 is 14.2 Å². The van der Waals surface area contributed by atoms with Gasteiger partial charge in [-0.2, -0.15) is 0 Å². The van der Waals surface area contributed by atoms with Crippen LogP contribution in [0.3, 0.4) is 0 Å². The molecule has 0 aromatic heterocycles. The molecule has 0 unspecified atom stereocenters. The van der Waals surface area contributed by atoms with Gasteiger partial charge in [0.15, 0.2) is 0 Å². The maximum atomic E-state index is 5.28. The number of hydrogen-bond acceptors (Lipinski definition) is 3. The summed E-state index contributed by atoms with van der Waals surface area (Å²) in [6, 6.07) is 3.64. The van der Waals surface area contributed by atoms with Gasteiger partial charge in [0.1, 0.15) is 17.2 Å². The fourth-order valence-electron chi connectivity index (χ4n) is 1.38. The molecule has 0 aliphatic heterocycles. The van der Waals surface area contributed by atoms with Gasteiger partial charge in [0.05, 0.1) is 26.9 Å². The summed E-state index contributed by atoms with van der Waals surface area (Å²) in [6.07, 6.45) is 0. The van der Waals surface area contributed by atoms with Crippen LogP contribution in [0.5, 0.6) is 17.2 Å². The topological polar surface area (TPSA) is 27.7 Å². The van der Waals surface area contributed by atoms with Crippen molar-refractivity contribution in [3.8, 4) is 17.2 Å². The molecule has 0 radical (unpaired) electrons. The van der Waals surface area contributed by atoms with E-state index in [0.717, 1.165) is 22.4 Å². The lowest BCUT2D eigenvalue weighted by Gasteiger charge is -2.14. The summed E-state index contributed by atoms with van der Waals surface area (Å²) in [5, 5.41) is 0.950. The van der Waals surface area contributed by atoms with Gasteiger partial charge in [0.2, 0.25) is 0 Å². The summed E-state index contributed by atoms with van der Waals surface area (Å²) in [5.74, 6) is 2.15. The number of methoxy groups -OCH3 is 3. The molecule has 0 atom stereocenters. The summed E-state index contributed by atoms with van der Waals surface area (Å²) in [7, 11) is 8.33. The largest absolute Gasteiger partial charge is 0.496 e. The van der Waals surface area contributed by atoms with Gasteiger partial charge in [-0.25, -0.2) is 0 Å². The van der Waals surface area contributed by atoms with Crippen LogP contribution in [0, 0.1) is 0 Å². The Bertz CT molecular complexity index is 349. The minimum absolute atomic E-state index is 0.709. The second-order valence-corrected chi connectivity index (χ2v) is 3.78. The van der Waals surface area contributed by atoms with Crippen molar-refractivity contribution in [1.82, 2.24) is 0 Å². The van der Waals surface area contributed by atoms with Crippen LogP contribution < -0.4 is 14.2 Å². The van der Waals surface area contributed by atoms with E-state index in [0.29, 0.717) is 5.75 Å². The van der Waals surface area contributed by atoms with Crippen LogP contribution in [0.15, 0.2) is 12.1 Å². The highest BCUT2D eigenvalue weighted by molar-refractivity contribution is 7.22. The minimum Gasteiger partial charge on any atom is -0.496 e. The molecule has 82 valence electrons. The van der Waals surface area contributed by atoms with E-state index in [1.54, 1.807) is 21.3 Å². The molecule has 0 amide bonds. The van der Waals surface area contributed by atoms with Gasteiger partial charge >= 0.3 is 0 Å². The molecule has 0 fully saturated rings. The van der Waals surface area contributed by atoms with Crippen LogP contribution in [0.25, 0.3) is 0 Å². The zero-order valence-corrected chi connectivity index (χ0v) is 10.4. The molecule has 4 heteroatoms. The van der Waals surface area contributed by atoms with E-state index in [2.05, 4.69) is 8.86 Å². The average Bonchev–Trinajstić information content (AvgIpc) is 2.26. The third-order valence-corrected chi connectivity index (χ3v) is 2.34. The zero-order chi connectivity index (χ0) is 11.4. The smallest absolute Gasteiger partial charge is 0.134 e. The molecule has 15 heavy (non-hydrogen) atoms. The number of benzene rings is 1. The Hall–Kier alpha value is -1.21. The van der Waals surface area contributed by atoms with Gasteiger partial charge < -0.3 is 14.2 Å². The summed E-state index contributed by atoms with van der Waals surface area (Å²) in [6.45, 7) is 1.93. The van der Waals surface area contributed by atoms with Crippen LogP contribution in [-0.2, 0) is 0 Å². The Morgan fingerprint density at radius 2 is 1.47 bits per heavy atom. The Kier molecular flexibility index (Phi) is 3.98. The third-order valence-electron chi connectivity index (χ3n) is 2.09. The van der Waals surface area contributed by atoms with Crippen molar-refractivity contribution in [2.75, 3.05) is 21.3 Å². The summed E-state index contributed by atoms with van der Waals surface area (Å²) in [4.78, 5) is 0. The van der Waals surface area contributed by atoms with E-state index in [1.807, 2.05) is 19.1 Å². The standard InChI is InChI=1S/C11H15O3P/c1-7(15)11-9(13-3)5-8(12-2)6-10(11)14-4/h5-6,15H,1-4H3. The molecule has 0 aliphatic carbocycles. The van der Waals surface area contributed by atoms with E-state index < -0.39 is 0 Å². The van der Waals surface area contributed by atoms with Crippen molar-refractivity contribution < 1.29 is 14.2 Å². The van der Waals surface area contributed by atoms with Gasteiger partial charge in [0.25, 0.3) is 0 Å². The van der Waals surface area contributed by atoms with Gasteiger partial charge in [0, 0.05) is 12.1 Å². The molecule has 1 rings (SSSR count). The first-order valence-electron chi connectivity index (χ1n) is 4.49. The van der Waals surface area contributed by atoms with Crippen molar-refractivity contribution in [2.45, 2.75) is 6.92 Å². The SMILES string of the molecule is COc1cc(OC)c(C(C)=P)c(OC)c1. The van der Waals surface area contributed by atoms with Crippen molar-refractivity contribution in [2.24, 2.45) is 0 Å². The normalized spacial score (nSPS) is 9.60. The first kappa shape index (κ1) is 11.9.